The number of rotatable bonds is 3. The van der Waals surface area contributed by atoms with Crippen molar-refractivity contribution < 1.29 is 9.18 Å². The topological polar surface area (TPSA) is 90.9 Å². The van der Waals surface area contributed by atoms with E-state index < -0.39 is 11.2 Å². The van der Waals surface area contributed by atoms with E-state index in [1.807, 2.05) is 0 Å². The Balaban J connectivity index is 1.62. The Morgan fingerprint density at radius 1 is 1.32 bits per heavy atom. The summed E-state index contributed by atoms with van der Waals surface area (Å²) < 4.78 is 17.3. The van der Waals surface area contributed by atoms with Crippen LogP contribution in [0.4, 0.5) is 4.39 Å². The molecule has 1 amide bonds. The SMILES string of the molecule is Cn1c(=O)c2c(ncn2CC(=O)N[C@@H]2CCSc3ccc(F)cc32)n(C)c1=O. The minimum atomic E-state index is -0.509. The summed E-state index contributed by atoms with van der Waals surface area (Å²) in [4.78, 5) is 42.2. The minimum absolute atomic E-state index is 0.127. The van der Waals surface area contributed by atoms with Crippen LogP contribution in [0.25, 0.3) is 11.2 Å². The number of fused-ring (bicyclic) bond motifs is 2. The molecule has 1 atom stereocenters. The fraction of sp³-hybridized carbons (Fsp3) is 0.333. The molecule has 0 fully saturated rings. The molecule has 3 heterocycles. The summed E-state index contributed by atoms with van der Waals surface area (Å²) in [6.07, 6.45) is 2.06. The molecular weight excluding hydrogens is 385 g/mol. The quantitative estimate of drug-likeness (QED) is 0.703. The van der Waals surface area contributed by atoms with Crippen LogP contribution in [0.5, 0.6) is 0 Å². The van der Waals surface area contributed by atoms with Crippen molar-refractivity contribution in [1.82, 2.24) is 24.0 Å². The Bertz CT molecular complexity index is 1210. The van der Waals surface area contributed by atoms with Gasteiger partial charge >= 0.3 is 5.69 Å². The van der Waals surface area contributed by atoms with Crippen molar-refractivity contribution in [2.45, 2.75) is 23.9 Å². The molecule has 146 valence electrons. The van der Waals surface area contributed by atoms with Crippen LogP contribution < -0.4 is 16.6 Å². The van der Waals surface area contributed by atoms with Crippen molar-refractivity contribution in [1.29, 1.82) is 0 Å². The lowest BCUT2D eigenvalue weighted by Crippen LogP contribution is -2.38. The van der Waals surface area contributed by atoms with Crippen LogP contribution in [0.3, 0.4) is 0 Å². The molecule has 1 aromatic carbocycles. The molecule has 10 heteroatoms. The van der Waals surface area contributed by atoms with Crippen LogP contribution in [-0.2, 0) is 25.4 Å². The van der Waals surface area contributed by atoms with Gasteiger partial charge in [0.1, 0.15) is 12.4 Å². The van der Waals surface area contributed by atoms with Crippen molar-refractivity contribution in [2.75, 3.05) is 5.75 Å². The average Bonchev–Trinajstić information content (AvgIpc) is 3.08. The molecule has 4 rings (SSSR count). The van der Waals surface area contributed by atoms with Crippen molar-refractivity contribution in [3.05, 3.63) is 56.7 Å². The monoisotopic (exact) mass is 403 g/mol. The summed E-state index contributed by atoms with van der Waals surface area (Å²) >= 11 is 1.63. The third-order valence-corrected chi connectivity index (χ3v) is 6.00. The van der Waals surface area contributed by atoms with Crippen LogP contribution in [0.1, 0.15) is 18.0 Å². The Kier molecular flexibility index (Phi) is 4.58. The Labute approximate surface area is 163 Å². The summed E-state index contributed by atoms with van der Waals surface area (Å²) in [5, 5.41) is 2.92. The average molecular weight is 403 g/mol. The van der Waals surface area contributed by atoms with Gasteiger partial charge in [-0.05, 0) is 30.2 Å². The fourth-order valence-corrected chi connectivity index (χ4v) is 4.53. The number of nitrogens with zero attached hydrogens (tertiary/aromatic N) is 4. The maximum Gasteiger partial charge on any atom is 0.332 e. The van der Waals surface area contributed by atoms with Gasteiger partial charge in [0.15, 0.2) is 11.2 Å². The zero-order valence-corrected chi connectivity index (χ0v) is 16.1. The lowest BCUT2D eigenvalue weighted by Gasteiger charge is -2.26. The van der Waals surface area contributed by atoms with Crippen LogP contribution in [0.2, 0.25) is 0 Å². The predicted octanol–water partition coefficient (Wildman–Crippen LogP) is 0.926. The smallest absolute Gasteiger partial charge is 0.332 e. The fourth-order valence-electron chi connectivity index (χ4n) is 3.43. The number of aromatic nitrogens is 4. The molecule has 2 aromatic heterocycles. The van der Waals surface area contributed by atoms with Crippen LogP contribution >= 0.6 is 11.8 Å². The highest BCUT2D eigenvalue weighted by molar-refractivity contribution is 7.99. The number of aryl methyl sites for hydroxylation is 1. The molecule has 0 spiro atoms. The van der Waals surface area contributed by atoms with Crippen LogP contribution in [-0.4, -0.2) is 30.3 Å². The van der Waals surface area contributed by atoms with E-state index in [0.717, 1.165) is 20.8 Å². The first-order valence-corrected chi connectivity index (χ1v) is 9.68. The Hall–Kier alpha value is -2.88. The van der Waals surface area contributed by atoms with Gasteiger partial charge in [0.05, 0.1) is 12.4 Å². The maximum absolute atomic E-state index is 13.6. The van der Waals surface area contributed by atoms with Crippen molar-refractivity contribution in [3.8, 4) is 0 Å². The normalized spacial score (nSPS) is 16.2. The van der Waals surface area contributed by atoms with Gasteiger partial charge in [0.25, 0.3) is 5.56 Å². The standard InChI is InChI=1S/C18H18FN5O3S/c1-22-16-15(17(26)23(2)18(22)27)24(9-20-16)8-14(25)21-12-5-6-28-13-4-3-10(19)7-11(12)13/h3-4,7,9,12H,5-6,8H2,1-2H3,(H,21,25)/t12-/m1/s1. The summed E-state index contributed by atoms with van der Waals surface area (Å²) in [5.41, 5.74) is 0.182. The number of hydrogen-bond donors (Lipinski definition) is 1. The van der Waals surface area contributed by atoms with Gasteiger partial charge in [0.2, 0.25) is 5.91 Å². The Morgan fingerprint density at radius 3 is 2.89 bits per heavy atom. The number of carbonyl (C=O) groups excluding carboxylic acids is 1. The largest absolute Gasteiger partial charge is 0.348 e. The molecule has 0 saturated heterocycles. The summed E-state index contributed by atoms with van der Waals surface area (Å²) in [6, 6.07) is 4.29. The molecular formula is C18H18FN5O3S. The number of benzene rings is 1. The second-order valence-corrected chi connectivity index (χ2v) is 7.83. The first kappa shape index (κ1) is 18.5. The molecule has 1 aliphatic heterocycles. The molecule has 3 aromatic rings. The van der Waals surface area contributed by atoms with E-state index in [2.05, 4.69) is 10.3 Å². The second kappa shape index (κ2) is 6.93. The molecule has 0 radical (unpaired) electrons. The number of carbonyl (C=O) groups is 1. The van der Waals surface area contributed by atoms with Gasteiger partial charge in [-0.25, -0.2) is 14.2 Å². The third-order valence-electron chi connectivity index (χ3n) is 4.88. The summed E-state index contributed by atoms with van der Waals surface area (Å²) in [6.45, 7) is -0.127. The van der Waals surface area contributed by atoms with Crippen molar-refractivity contribution >= 4 is 28.8 Å². The van der Waals surface area contributed by atoms with E-state index in [-0.39, 0.29) is 35.5 Å². The molecule has 1 aliphatic rings. The lowest BCUT2D eigenvalue weighted by molar-refractivity contribution is -0.122. The molecule has 0 aliphatic carbocycles. The molecule has 28 heavy (non-hydrogen) atoms. The predicted molar refractivity (Wildman–Crippen MR) is 103 cm³/mol. The van der Waals surface area contributed by atoms with E-state index >= 15 is 0 Å². The molecule has 0 unspecified atom stereocenters. The maximum atomic E-state index is 13.6. The van der Waals surface area contributed by atoms with Gasteiger partial charge < -0.3 is 9.88 Å². The van der Waals surface area contributed by atoms with Crippen molar-refractivity contribution in [3.63, 3.8) is 0 Å². The highest BCUT2D eigenvalue weighted by Crippen LogP contribution is 2.36. The van der Waals surface area contributed by atoms with Crippen molar-refractivity contribution in [2.24, 2.45) is 14.1 Å². The zero-order chi connectivity index (χ0) is 20.0. The van der Waals surface area contributed by atoms with E-state index in [4.69, 9.17) is 0 Å². The third kappa shape index (κ3) is 3.03. The number of nitrogens with one attached hydrogen (secondary N) is 1. The van der Waals surface area contributed by atoms with E-state index in [9.17, 15) is 18.8 Å². The first-order chi connectivity index (χ1) is 13.4. The summed E-state index contributed by atoms with van der Waals surface area (Å²) in [7, 11) is 2.90. The van der Waals surface area contributed by atoms with Crippen LogP contribution in [0, 0.1) is 5.82 Å². The minimum Gasteiger partial charge on any atom is -0.348 e. The van der Waals surface area contributed by atoms with Crippen LogP contribution in [0.15, 0.2) is 39.0 Å². The molecule has 0 saturated carbocycles. The first-order valence-electron chi connectivity index (χ1n) is 8.69. The highest BCUT2D eigenvalue weighted by Gasteiger charge is 2.24. The van der Waals surface area contributed by atoms with Gasteiger partial charge in [-0.15, -0.1) is 11.8 Å². The van der Waals surface area contributed by atoms with E-state index in [0.29, 0.717) is 6.42 Å². The number of hydrogen-bond acceptors (Lipinski definition) is 5. The number of amides is 1. The highest BCUT2D eigenvalue weighted by atomic mass is 32.2. The molecule has 0 bridgehead atoms. The van der Waals surface area contributed by atoms with E-state index in [1.54, 1.807) is 17.8 Å². The Morgan fingerprint density at radius 2 is 2.11 bits per heavy atom. The van der Waals surface area contributed by atoms with E-state index in [1.165, 1.54) is 41.7 Å². The lowest BCUT2D eigenvalue weighted by atomic mass is 10.0. The molecule has 8 nitrogen and oxygen atoms in total. The van der Waals surface area contributed by atoms with Gasteiger partial charge in [-0.2, -0.15) is 0 Å². The number of halogens is 1. The van der Waals surface area contributed by atoms with Gasteiger partial charge in [-0.3, -0.25) is 18.7 Å². The summed E-state index contributed by atoms with van der Waals surface area (Å²) in [5.74, 6) is 0.160. The number of thioether (sulfide) groups is 1. The second-order valence-electron chi connectivity index (χ2n) is 6.69. The zero-order valence-electron chi connectivity index (χ0n) is 15.3. The van der Waals surface area contributed by atoms with Gasteiger partial charge in [0, 0.05) is 24.7 Å². The van der Waals surface area contributed by atoms with Gasteiger partial charge in [-0.1, -0.05) is 0 Å². The number of imidazole rings is 1. The molecule has 1 N–H and O–H groups in total.